The number of aryl methyl sites for hydroxylation is 1. The zero-order valence-corrected chi connectivity index (χ0v) is 7.76. The van der Waals surface area contributed by atoms with Gasteiger partial charge in [-0.3, -0.25) is 4.79 Å². The van der Waals surface area contributed by atoms with Gasteiger partial charge in [-0.25, -0.2) is 4.98 Å². The van der Waals surface area contributed by atoms with Gasteiger partial charge in [0.15, 0.2) is 0 Å². The summed E-state index contributed by atoms with van der Waals surface area (Å²) in [6, 6.07) is 0. The van der Waals surface area contributed by atoms with Crippen molar-refractivity contribution < 1.29 is 9.53 Å². The number of thiazole rings is 1. The molecule has 0 amide bonds. The highest BCUT2D eigenvalue weighted by molar-refractivity contribution is 7.09. The Morgan fingerprint density at radius 2 is 2.58 bits per heavy atom. The molecule has 4 heteroatoms. The summed E-state index contributed by atoms with van der Waals surface area (Å²) in [5, 5.41) is 2.89. The molecule has 3 nitrogen and oxygen atoms in total. The van der Waals surface area contributed by atoms with E-state index in [9.17, 15) is 4.79 Å². The van der Waals surface area contributed by atoms with Gasteiger partial charge in [0.1, 0.15) is 0 Å². The van der Waals surface area contributed by atoms with Crippen LogP contribution in [0.5, 0.6) is 0 Å². The molecule has 0 aliphatic rings. The Labute approximate surface area is 75.4 Å². The first-order valence-corrected chi connectivity index (χ1v) is 4.75. The Hall–Kier alpha value is -0.900. The van der Waals surface area contributed by atoms with E-state index in [1.807, 2.05) is 5.38 Å². The Morgan fingerprint density at radius 1 is 1.75 bits per heavy atom. The van der Waals surface area contributed by atoms with Crippen molar-refractivity contribution in [1.29, 1.82) is 0 Å². The molecule has 0 aliphatic heterocycles. The van der Waals surface area contributed by atoms with Crippen LogP contribution in [-0.2, 0) is 16.0 Å². The molecular weight excluding hydrogens is 174 g/mol. The molecule has 1 aromatic heterocycles. The van der Waals surface area contributed by atoms with E-state index in [0.717, 1.165) is 5.01 Å². The Bertz CT molecular complexity index is 233. The monoisotopic (exact) mass is 185 g/mol. The first-order valence-electron chi connectivity index (χ1n) is 3.87. The Balaban J connectivity index is 2.22. The molecule has 0 N–H and O–H groups in total. The van der Waals surface area contributed by atoms with Gasteiger partial charge in [0, 0.05) is 18.0 Å². The molecule has 0 bridgehead atoms. The summed E-state index contributed by atoms with van der Waals surface area (Å²) < 4.78 is 4.78. The largest absolute Gasteiger partial charge is 0.466 e. The van der Waals surface area contributed by atoms with E-state index in [1.54, 1.807) is 24.5 Å². The standard InChI is InChI=1S/C8H11NO2S/c1-2-11-8(10)4-3-7-9-5-6-12-7/h5-6H,2-4H2,1H3. The van der Waals surface area contributed by atoms with Crippen LogP contribution >= 0.6 is 11.3 Å². The number of carbonyl (C=O) groups excluding carboxylic acids is 1. The molecule has 0 atom stereocenters. The zero-order chi connectivity index (χ0) is 8.81. The van der Waals surface area contributed by atoms with Gasteiger partial charge in [-0.05, 0) is 6.92 Å². The lowest BCUT2D eigenvalue weighted by molar-refractivity contribution is -0.143. The van der Waals surface area contributed by atoms with E-state index in [1.165, 1.54) is 0 Å². The second-order valence-corrected chi connectivity index (χ2v) is 3.21. The fraction of sp³-hybridized carbons (Fsp3) is 0.500. The summed E-state index contributed by atoms with van der Waals surface area (Å²) in [5.74, 6) is -0.146. The third-order valence-electron chi connectivity index (χ3n) is 1.33. The van der Waals surface area contributed by atoms with Crippen molar-refractivity contribution in [2.24, 2.45) is 0 Å². The van der Waals surface area contributed by atoms with Crippen LogP contribution in [0.15, 0.2) is 11.6 Å². The highest BCUT2D eigenvalue weighted by atomic mass is 32.1. The van der Waals surface area contributed by atoms with Gasteiger partial charge < -0.3 is 4.74 Å². The van der Waals surface area contributed by atoms with E-state index in [-0.39, 0.29) is 5.97 Å². The third-order valence-corrected chi connectivity index (χ3v) is 2.17. The van der Waals surface area contributed by atoms with Gasteiger partial charge in [-0.15, -0.1) is 11.3 Å². The van der Waals surface area contributed by atoms with Crippen molar-refractivity contribution >= 4 is 17.3 Å². The zero-order valence-electron chi connectivity index (χ0n) is 6.95. The molecule has 0 aliphatic carbocycles. The van der Waals surface area contributed by atoms with Crippen molar-refractivity contribution in [2.75, 3.05) is 6.61 Å². The van der Waals surface area contributed by atoms with Crippen molar-refractivity contribution in [3.63, 3.8) is 0 Å². The summed E-state index contributed by atoms with van der Waals surface area (Å²) in [6.07, 6.45) is 2.86. The second kappa shape index (κ2) is 4.87. The maximum atomic E-state index is 10.9. The number of aromatic nitrogens is 1. The molecule has 12 heavy (non-hydrogen) atoms. The number of carbonyl (C=O) groups is 1. The van der Waals surface area contributed by atoms with Gasteiger partial charge in [-0.2, -0.15) is 0 Å². The minimum absolute atomic E-state index is 0.146. The lowest BCUT2D eigenvalue weighted by Gasteiger charge is -1.98. The number of hydrogen-bond donors (Lipinski definition) is 0. The van der Waals surface area contributed by atoms with E-state index >= 15 is 0 Å². The molecule has 1 rings (SSSR count). The highest BCUT2D eigenvalue weighted by Gasteiger charge is 2.03. The number of hydrogen-bond acceptors (Lipinski definition) is 4. The average molecular weight is 185 g/mol. The minimum Gasteiger partial charge on any atom is -0.466 e. The van der Waals surface area contributed by atoms with Crippen LogP contribution in [-0.4, -0.2) is 17.6 Å². The topological polar surface area (TPSA) is 39.2 Å². The Morgan fingerprint density at radius 3 is 3.17 bits per heavy atom. The summed E-state index contributed by atoms with van der Waals surface area (Å²) in [6.45, 7) is 2.26. The fourth-order valence-corrected chi connectivity index (χ4v) is 1.44. The summed E-state index contributed by atoms with van der Waals surface area (Å²) in [7, 11) is 0. The summed E-state index contributed by atoms with van der Waals surface area (Å²) in [5.41, 5.74) is 0. The maximum absolute atomic E-state index is 10.9. The van der Waals surface area contributed by atoms with Crippen LogP contribution < -0.4 is 0 Å². The van der Waals surface area contributed by atoms with Crippen LogP contribution in [0.3, 0.4) is 0 Å². The lowest BCUT2D eigenvalue weighted by Crippen LogP contribution is -2.04. The number of ether oxygens (including phenoxy) is 1. The van der Waals surface area contributed by atoms with Crippen LogP contribution in [0, 0.1) is 0 Å². The van der Waals surface area contributed by atoms with E-state index in [4.69, 9.17) is 4.74 Å². The molecule has 0 unspecified atom stereocenters. The molecule has 0 fully saturated rings. The molecule has 66 valence electrons. The SMILES string of the molecule is CCOC(=O)CCc1nccs1. The van der Waals surface area contributed by atoms with E-state index in [0.29, 0.717) is 19.4 Å². The second-order valence-electron chi connectivity index (χ2n) is 2.23. The normalized spacial score (nSPS) is 9.75. The number of esters is 1. The van der Waals surface area contributed by atoms with Crippen LogP contribution in [0.1, 0.15) is 18.4 Å². The average Bonchev–Trinajstić information content (AvgIpc) is 2.53. The van der Waals surface area contributed by atoms with Crippen molar-refractivity contribution in [1.82, 2.24) is 4.98 Å². The van der Waals surface area contributed by atoms with Gasteiger partial charge in [0.05, 0.1) is 18.0 Å². The number of rotatable bonds is 4. The van der Waals surface area contributed by atoms with Crippen LogP contribution in [0.4, 0.5) is 0 Å². The summed E-state index contributed by atoms with van der Waals surface area (Å²) >= 11 is 1.56. The van der Waals surface area contributed by atoms with E-state index < -0.39 is 0 Å². The van der Waals surface area contributed by atoms with Gasteiger partial charge in [0.25, 0.3) is 0 Å². The first-order chi connectivity index (χ1) is 5.83. The summed E-state index contributed by atoms with van der Waals surface area (Å²) in [4.78, 5) is 15.0. The predicted octanol–water partition coefficient (Wildman–Crippen LogP) is 1.64. The van der Waals surface area contributed by atoms with Crippen molar-refractivity contribution in [3.05, 3.63) is 16.6 Å². The molecule has 0 saturated carbocycles. The maximum Gasteiger partial charge on any atom is 0.306 e. The molecule has 0 aromatic carbocycles. The quantitative estimate of drug-likeness (QED) is 0.669. The third kappa shape index (κ3) is 3.00. The molecule has 1 aromatic rings. The number of nitrogens with zero attached hydrogens (tertiary/aromatic N) is 1. The Kier molecular flexibility index (Phi) is 3.73. The van der Waals surface area contributed by atoms with Gasteiger partial charge in [-0.1, -0.05) is 0 Å². The molecular formula is C8H11NO2S. The van der Waals surface area contributed by atoms with Crippen LogP contribution in [0.25, 0.3) is 0 Å². The van der Waals surface area contributed by atoms with Crippen molar-refractivity contribution in [2.45, 2.75) is 19.8 Å². The fourth-order valence-electron chi connectivity index (χ4n) is 0.819. The van der Waals surface area contributed by atoms with Crippen LogP contribution in [0.2, 0.25) is 0 Å². The van der Waals surface area contributed by atoms with Crippen molar-refractivity contribution in [3.8, 4) is 0 Å². The smallest absolute Gasteiger partial charge is 0.306 e. The molecule has 0 spiro atoms. The lowest BCUT2D eigenvalue weighted by atomic mass is 10.3. The predicted molar refractivity (Wildman–Crippen MR) is 47.1 cm³/mol. The van der Waals surface area contributed by atoms with E-state index in [2.05, 4.69) is 4.98 Å². The van der Waals surface area contributed by atoms with Gasteiger partial charge in [0.2, 0.25) is 0 Å². The first kappa shape index (κ1) is 9.19. The molecule has 0 saturated heterocycles. The molecule has 1 heterocycles. The molecule has 0 radical (unpaired) electrons. The van der Waals surface area contributed by atoms with Gasteiger partial charge >= 0.3 is 5.97 Å². The minimum atomic E-state index is -0.146. The highest BCUT2D eigenvalue weighted by Crippen LogP contribution is 2.06.